The lowest BCUT2D eigenvalue weighted by molar-refractivity contribution is -0.138. The lowest BCUT2D eigenvalue weighted by atomic mass is 9.77. The van der Waals surface area contributed by atoms with Crippen molar-refractivity contribution < 1.29 is 53.1 Å². The van der Waals surface area contributed by atoms with Crippen LogP contribution in [0.1, 0.15) is 64.7 Å². The summed E-state index contributed by atoms with van der Waals surface area (Å²) in [5.74, 6) is -0.618. The van der Waals surface area contributed by atoms with Gasteiger partial charge in [-0.3, -0.25) is 24.1 Å². The van der Waals surface area contributed by atoms with Crippen LogP contribution in [-0.4, -0.2) is 88.9 Å². The van der Waals surface area contributed by atoms with Gasteiger partial charge in [0.2, 0.25) is 11.8 Å². The van der Waals surface area contributed by atoms with Crippen molar-refractivity contribution >= 4 is 41.1 Å². The number of aromatic hydroxyl groups is 2. The van der Waals surface area contributed by atoms with Crippen LogP contribution in [0.3, 0.4) is 0 Å². The van der Waals surface area contributed by atoms with Crippen LogP contribution in [0.15, 0.2) is 54.6 Å². The minimum atomic E-state index is -1.40. The summed E-state index contributed by atoms with van der Waals surface area (Å²) in [6.07, 6.45) is 3.20. The maximum atomic E-state index is 13.2. The molecule has 2 N–H and O–H groups in total. The smallest absolute Gasteiger partial charge is 0.340 e. The second-order valence-corrected chi connectivity index (χ2v) is 13.3. The summed E-state index contributed by atoms with van der Waals surface area (Å²) in [6, 6.07) is 14.2. The van der Waals surface area contributed by atoms with Crippen molar-refractivity contribution in [3.63, 3.8) is 0 Å². The third-order valence-electron chi connectivity index (χ3n) is 8.98. The van der Waals surface area contributed by atoms with Gasteiger partial charge in [0.15, 0.2) is 5.60 Å². The van der Waals surface area contributed by atoms with Crippen molar-refractivity contribution in [2.75, 3.05) is 39.2 Å². The van der Waals surface area contributed by atoms with Crippen LogP contribution in [-0.2, 0) is 45.4 Å². The molecule has 0 saturated carbocycles. The lowest BCUT2D eigenvalue weighted by Gasteiger charge is -2.36. The summed E-state index contributed by atoms with van der Waals surface area (Å²) in [7, 11) is 0. The number of hydrogen-bond acceptors (Lipinski definition) is 12. The fraction of sp³-hybridized carbons (Fsp3) is 0.378. The molecule has 2 amide bonds. The Bertz CT molecular complexity index is 1790. The zero-order valence-electron chi connectivity index (χ0n) is 27.5. The summed E-state index contributed by atoms with van der Waals surface area (Å²) in [5, 5.41) is 19.9. The van der Waals surface area contributed by atoms with E-state index in [4.69, 9.17) is 18.9 Å². The Morgan fingerprint density at radius 3 is 2.18 bits per heavy atom. The van der Waals surface area contributed by atoms with Crippen LogP contribution >= 0.6 is 11.8 Å². The molecule has 0 aliphatic carbocycles. The van der Waals surface area contributed by atoms with Crippen LogP contribution < -0.4 is 4.74 Å². The average molecular weight is 704 g/mol. The van der Waals surface area contributed by atoms with E-state index in [2.05, 4.69) is 0 Å². The minimum absolute atomic E-state index is 0.0304. The standard InChI is InChI=1S/C37H37NO11S/c1-50-33-21-34(43)38(35(33)44)12-10-23(39)3-2-13-46-15-16-47-14-11-26(42)17-22-4-7-27-30(18-22)37(49-36(27)45)28-8-5-24(40)19-31(28)48-32-20-25(41)6-9-29(32)37/h4-9,18-20,33,40-41H,2-3,10-17,21H2,1H3. The highest BCUT2D eigenvalue weighted by atomic mass is 32.2. The summed E-state index contributed by atoms with van der Waals surface area (Å²) >= 11 is 1.35. The van der Waals surface area contributed by atoms with Crippen molar-refractivity contribution in [1.82, 2.24) is 4.90 Å². The first-order valence-corrected chi connectivity index (χ1v) is 17.7. The molecule has 1 saturated heterocycles. The number of ether oxygens (including phenoxy) is 4. The summed E-state index contributed by atoms with van der Waals surface area (Å²) in [6.45, 7) is 1.27. The molecule has 0 radical (unpaired) electrons. The summed E-state index contributed by atoms with van der Waals surface area (Å²) in [5.41, 5.74) is 1.16. The van der Waals surface area contributed by atoms with Crippen molar-refractivity contribution in [2.45, 2.75) is 49.4 Å². The zero-order valence-corrected chi connectivity index (χ0v) is 28.3. The second kappa shape index (κ2) is 15.0. The number of hydrogen-bond donors (Lipinski definition) is 2. The SMILES string of the molecule is CSC1CC(=O)N(CCC(=O)CCCOCCOCCC(=O)Cc2ccc3c(c2)C2(OC3=O)c3ccc(O)cc3Oc3cc(O)ccc32)C1=O. The Kier molecular flexibility index (Phi) is 10.6. The van der Waals surface area contributed by atoms with Gasteiger partial charge in [0.25, 0.3) is 0 Å². The monoisotopic (exact) mass is 703 g/mol. The second-order valence-electron chi connectivity index (χ2n) is 12.3. The van der Waals surface area contributed by atoms with Gasteiger partial charge in [-0.1, -0.05) is 6.07 Å². The number of likely N-dealkylation sites (tertiary alicyclic amines) is 1. The summed E-state index contributed by atoms with van der Waals surface area (Å²) < 4.78 is 23.2. The molecule has 50 heavy (non-hydrogen) atoms. The number of thioether (sulfide) groups is 1. The molecule has 13 heteroatoms. The third-order valence-corrected chi connectivity index (χ3v) is 9.92. The average Bonchev–Trinajstić information content (AvgIpc) is 3.53. The van der Waals surface area contributed by atoms with Crippen molar-refractivity contribution in [1.29, 1.82) is 0 Å². The first kappa shape index (κ1) is 35.1. The van der Waals surface area contributed by atoms with Crippen LogP contribution in [0.25, 0.3) is 0 Å². The number of carbonyl (C=O) groups is 5. The molecule has 3 aromatic carbocycles. The lowest BCUT2D eigenvalue weighted by Crippen LogP contribution is -2.33. The van der Waals surface area contributed by atoms with E-state index in [0.717, 1.165) is 0 Å². The van der Waals surface area contributed by atoms with Gasteiger partial charge in [-0.25, -0.2) is 4.79 Å². The van der Waals surface area contributed by atoms with Crippen molar-refractivity contribution in [2.24, 2.45) is 0 Å². The zero-order chi connectivity index (χ0) is 35.4. The van der Waals surface area contributed by atoms with Gasteiger partial charge < -0.3 is 29.2 Å². The molecule has 12 nitrogen and oxygen atoms in total. The number of ketones is 2. The van der Waals surface area contributed by atoms with Crippen LogP contribution in [0.4, 0.5) is 0 Å². The predicted octanol–water partition coefficient (Wildman–Crippen LogP) is 4.43. The molecule has 1 fully saturated rings. The molecule has 3 heterocycles. The number of phenols is 2. The Morgan fingerprint density at radius 2 is 1.52 bits per heavy atom. The molecule has 0 aromatic heterocycles. The maximum absolute atomic E-state index is 13.2. The van der Waals surface area contributed by atoms with Crippen molar-refractivity contribution in [3.8, 4) is 23.0 Å². The molecule has 1 unspecified atom stereocenters. The fourth-order valence-electron chi connectivity index (χ4n) is 6.48. The Balaban J connectivity index is 0.953. The molecule has 6 rings (SSSR count). The molecule has 1 atom stereocenters. The van der Waals surface area contributed by atoms with E-state index in [0.29, 0.717) is 53.9 Å². The molecule has 3 aliphatic rings. The predicted molar refractivity (Wildman–Crippen MR) is 180 cm³/mol. The van der Waals surface area contributed by atoms with Crippen LogP contribution in [0.2, 0.25) is 0 Å². The number of imide groups is 1. The number of Topliss-reactive ketones (excluding diaryl/α,β-unsaturated/α-hetero) is 2. The van der Waals surface area contributed by atoms with Gasteiger partial charge in [0, 0.05) is 74.1 Å². The molecule has 3 aliphatic heterocycles. The van der Waals surface area contributed by atoms with Gasteiger partial charge in [-0.2, -0.15) is 11.8 Å². The minimum Gasteiger partial charge on any atom is -0.508 e. The molecule has 262 valence electrons. The number of fused-ring (bicyclic) bond motifs is 6. The van der Waals surface area contributed by atoms with Gasteiger partial charge >= 0.3 is 5.97 Å². The first-order valence-electron chi connectivity index (χ1n) is 16.4. The first-order chi connectivity index (χ1) is 24.1. The van der Waals surface area contributed by atoms with E-state index >= 15 is 0 Å². The third kappa shape index (κ3) is 7.11. The topological polar surface area (TPSA) is 166 Å². The van der Waals surface area contributed by atoms with E-state index < -0.39 is 11.6 Å². The highest BCUT2D eigenvalue weighted by Gasteiger charge is 2.53. The largest absolute Gasteiger partial charge is 0.508 e. The molecular weight excluding hydrogens is 666 g/mol. The number of esters is 1. The van der Waals surface area contributed by atoms with Crippen LogP contribution in [0.5, 0.6) is 23.0 Å². The van der Waals surface area contributed by atoms with E-state index in [9.17, 15) is 34.2 Å². The van der Waals surface area contributed by atoms with E-state index in [1.54, 1.807) is 36.6 Å². The van der Waals surface area contributed by atoms with Gasteiger partial charge in [-0.05, 0) is 54.6 Å². The normalized spacial score (nSPS) is 16.9. The number of rotatable bonds is 16. The number of amides is 2. The van der Waals surface area contributed by atoms with Crippen LogP contribution in [0, 0.1) is 0 Å². The number of carbonyl (C=O) groups excluding carboxylic acids is 5. The van der Waals surface area contributed by atoms with Crippen molar-refractivity contribution in [3.05, 3.63) is 82.4 Å². The molecule has 0 bridgehead atoms. The maximum Gasteiger partial charge on any atom is 0.340 e. The molecular formula is C37H37NO11S. The number of benzene rings is 3. The highest BCUT2D eigenvalue weighted by Crippen LogP contribution is 2.57. The van der Waals surface area contributed by atoms with Gasteiger partial charge in [0.1, 0.15) is 34.6 Å². The summed E-state index contributed by atoms with van der Waals surface area (Å²) in [4.78, 5) is 63.6. The number of nitrogens with zero attached hydrogens (tertiary/aromatic N) is 1. The quantitative estimate of drug-likeness (QED) is 0.123. The Labute approximate surface area is 292 Å². The Morgan fingerprint density at radius 1 is 0.840 bits per heavy atom. The van der Waals surface area contributed by atoms with E-state index in [1.165, 1.54) is 40.9 Å². The highest BCUT2D eigenvalue weighted by molar-refractivity contribution is 8.00. The van der Waals surface area contributed by atoms with Gasteiger partial charge in [-0.15, -0.1) is 0 Å². The molecule has 1 spiro atoms. The molecule has 3 aromatic rings. The fourth-order valence-corrected chi connectivity index (χ4v) is 7.12. The van der Waals surface area contributed by atoms with E-state index in [-0.39, 0.29) is 97.1 Å². The number of phenolic OH excluding ortho intramolecular Hbond substituents is 2. The van der Waals surface area contributed by atoms with Gasteiger partial charge in [0.05, 0.1) is 30.6 Å². The van der Waals surface area contributed by atoms with E-state index in [1.807, 2.05) is 0 Å². The Hall–Kier alpha value is -4.72.